The number of para-hydroxylation sites is 1. The topological polar surface area (TPSA) is 82.5 Å². The van der Waals surface area contributed by atoms with Crippen LogP contribution >= 0.6 is 0 Å². The molecule has 166 valence electrons. The summed E-state index contributed by atoms with van der Waals surface area (Å²) < 4.78 is 29.0. The Morgan fingerprint density at radius 2 is 1.69 bits per heavy atom. The summed E-state index contributed by atoms with van der Waals surface area (Å²) in [6.07, 6.45) is 3.31. The van der Waals surface area contributed by atoms with Crippen LogP contribution in [0.2, 0.25) is 0 Å². The molecule has 3 aromatic rings. The van der Waals surface area contributed by atoms with Gasteiger partial charge < -0.3 is 15.5 Å². The van der Waals surface area contributed by atoms with Crippen LogP contribution < -0.4 is 5.32 Å². The van der Waals surface area contributed by atoms with E-state index >= 15 is 0 Å². The number of carboxylic acid groups (broad SMARTS) is 1. The van der Waals surface area contributed by atoms with Crippen LogP contribution in [0.3, 0.4) is 0 Å². The van der Waals surface area contributed by atoms with E-state index in [-0.39, 0.29) is 29.7 Å². The molecule has 0 atom stereocenters. The third-order valence-corrected chi connectivity index (χ3v) is 5.92. The molecule has 1 aromatic heterocycles. The summed E-state index contributed by atoms with van der Waals surface area (Å²) in [4.78, 5) is 15.6. The van der Waals surface area contributed by atoms with Crippen LogP contribution in [-0.2, 0) is 4.79 Å². The number of carboxylic acids is 1. The molecule has 0 spiro atoms. The number of aromatic hydroxyl groups is 1. The molecule has 2 aromatic carbocycles. The number of aromatic nitrogens is 1. The second-order valence-electron chi connectivity index (χ2n) is 8.20. The highest BCUT2D eigenvalue weighted by molar-refractivity contribution is 5.76. The van der Waals surface area contributed by atoms with Gasteiger partial charge in [-0.3, -0.25) is 4.79 Å². The van der Waals surface area contributed by atoms with Crippen molar-refractivity contribution >= 4 is 11.8 Å². The third kappa shape index (κ3) is 4.88. The maximum Gasteiger partial charge on any atom is 0.303 e. The summed E-state index contributed by atoms with van der Waals surface area (Å²) in [6.45, 7) is 0. The fourth-order valence-electron chi connectivity index (χ4n) is 4.32. The van der Waals surface area contributed by atoms with E-state index in [4.69, 9.17) is 5.11 Å². The first kappa shape index (κ1) is 21.7. The van der Waals surface area contributed by atoms with Crippen LogP contribution in [0.15, 0.2) is 54.6 Å². The number of phenols is 1. The Balaban J connectivity index is 1.67. The average molecular weight is 438 g/mol. The van der Waals surface area contributed by atoms with E-state index in [9.17, 15) is 18.7 Å². The molecule has 0 bridgehead atoms. The maximum absolute atomic E-state index is 14.5. The van der Waals surface area contributed by atoms with Crippen molar-refractivity contribution in [2.45, 2.75) is 38.1 Å². The van der Waals surface area contributed by atoms with Gasteiger partial charge in [0.25, 0.3) is 0 Å². The van der Waals surface area contributed by atoms with Crippen molar-refractivity contribution in [1.29, 1.82) is 0 Å². The van der Waals surface area contributed by atoms with E-state index in [1.165, 1.54) is 24.3 Å². The van der Waals surface area contributed by atoms with E-state index in [1.54, 1.807) is 30.3 Å². The first-order valence-electron chi connectivity index (χ1n) is 10.6. The highest BCUT2D eigenvalue weighted by atomic mass is 19.1. The summed E-state index contributed by atoms with van der Waals surface area (Å²) >= 11 is 0. The molecule has 5 nitrogen and oxygen atoms in total. The Morgan fingerprint density at radius 1 is 1.00 bits per heavy atom. The normalized spacial score (nSPS) is 18.3. The van der Waals surface area contributed by atoms with E-state index in [2.05, 4.69) is 10.3 Å². The van der Waals surface area contributed by atoms with Crippen LogP contribution in [-0.4, -0.2) is 27.2 Å². The molecule has 1 fully saturated rings. The summed E-state index contributed by atoms with van der Waals surface area (Å²) in [6, 6.07) is 13.6. The lowest BCUT2D eigenvalue weighted by Crippen LogP contribution is -2.27. The Morgan fingerprint density at radius 3 is 2.34 bits per heavy atom. The predicted octanol–water partition coefficient (Wildman–Crippen LogP) is 5.84. The fourth-order valence-corrected chi connectivity index (χ4v) is 4.32. The summed E-state index contributed by atoms with van der Waals surface area (Å²) in [5.74, 6) is -1.51. The molecule has 1 heterocycles. The average Bonchev–Trinajstić information content (AvgIpc) is 2.75. The van der Waals surface area contributed by atoms with Gasteiger partial charge in [-0.1, -0.05) is 18.2 Å². The number of benzene rings is 2. The quantitative estimate of drug-likeness (QED) is 0.450. The van der Waals surface area contributed by atoms with Crippen molar-refractivity contribution in [1.82, 2.24) is 4.98 Å². The van der Waals surface area contributed by atoms with Crippen molar-refractivity contribution in [3.63, 3.8) is 0 Å². The summed E-state index contributed by atoms with van der Waals surface area (Å²) in [5, 5.41) is 22.6. The first-order chi connectivity index (χ1) is 15.4. The molecule has 4 rings (SSSR count). The van der Waals surface area contributed by atoms with Gasteiger partial charge in [-0.15, -0.1) is 0 Å². The highest BCUT2D eigenvalue weighted by Gasteiger charge is 2.24. The summed E-state index contributed by atoms with van der Waals surface area (Å²) in [5.41, 5.74) is 1.01. The lowest BCUT2D eigenvalue weighted by atomic mass is 9.84. The van der Waals surface area contributed by atoms with E-state index in [0.29, 0.717) is 22.6 Å². The molecule has 7 heteroatoms. The number of carbonyl (C=O) groups is 1. The molecule has 1 aliphatic rings. The van der Waals surface area contributed by atoms with E-state index in [0.717, 1.165) is 25.7 Å². The number of hydrogen-bond donors (Lipinski definition) is 3. The largest absolute Gasteiger partial charge is 0.507 e. The van der Waals surface area contributed by atoms with Gasteiger partial charge in [0.1, 0.15) is 23.2 Å². The van der Waals surface area contributed by atoms with Crippen molar-refractivity contribution in [2.24, 2.45) is 5.92 Å². The zero-order chi connectivity index (χ0) is 22.7. The van der Waals surface area contributed by atoms with Gasteiger partial charge in [0, 0.05) is 18.0 Å². The molecule has 1 aliphatic carbocycles. The van der Waals surface area contributed by atoms with Crippen LogP contribution in [0.5, 0.6) is 5.75 Å². The first-order valence-corrected chi connectivity index (χ1v) is 10.6. The number of halogens is 2. The van der Waals surface area contributed by atoms with Crippen LogP contribution in [0.4, 0.5) is 14.6 Å². The Bertz CT molecular complexity index is 1110. The van der Waals surface area contributed by atoms with Gasteiger partial charge in [0.15, 0.2) is 0 Å². The SMILES string of the molecule is O=C(O)CC1CCC(Nc2cc(-c3c(F)cccc3F)cc(-c3ccccc3O)n2)CC1. The molecular weight excluding hydrogens is 414 g/mol. The Kier molecular flexibility index (Phi) is 6.35. The number of phenolic OH excluding ortho intramolecular Hbond substituents is 1. The minimum Gasteiger partial charge on any atom is -0.507 e. The Hall–Kier alpha value is -3.48. The Labute approximate surface area is 184 Å². The van der Waals surface area contributed by atoms with Crippen LogP contribution in [0.1, 0.15) is 32.1 Å². The molecule has 3 N–H and O–H groups in total. The number of nitrogens with one attached hydrogen (secondary N) is 1. The number of pyridine rings is 1. The highest BCUT2D eigenvalue weighted by Crippen LogP contribution is 2.35. The zero-order valence-corrected chi connectivity index (χ0v) is 17.4. The van der Waals surface area contributed by atoms with Gasteiger partial charge in [-0.2, -0.15) is 0 Å². The monoisotopic (exact) mass is 438 g/mol. The molecule has 0 amide bonds. The maximum atomic E-state index is 14.5. The van der Waals surface area contributed by atoms with Gasteiger partial charge in [0.05, 0.1) is 11.3 Å². The number of rotatable bonds is 6. The van der Waals surface area contributed by atoms with Gasteiger partial charge >= 0.3 is 5.97 Å². The number of anilines is 1. The lowest BCUT2D eigenvalue weighted by molar-refractivity contribution is -0.138. The second kappa shape index (κ2) is 9.34. The number of nitrogens with zero attached hydrogens (tertiary/aromatic N) is 1. The number of hydrogen-bond acceptors (Lipinski definition) is 4. The van der Waals surface area contributed by atoms with E-state index < -0.39 is 17.6 Å². The van der Waals surface area contributed by atoms with Gasteiger partial charge in [-0.25, -0.2) is 13.8 Å². The van der Waals surface area contributed by atoms with Crippen molar-refractivity contribution < 1.29 is 23.8 Å². The minimum atomic E-state index is -0.782. The number of aliphatic carboxylic acids is 1. The molecule has 0 aliphatic heterocycles. The molecule has 0 unspecified atom stereocenters. The van der Waals surface area contributed by atoms with Gasteiger partial charge in [0.2, 0.25) is 0 Å². The van der Waals surface area contributed by atoms with Crippen LogP contribution in [0, 0.1) is 17.6 Å². The van der Waals surface area contributed by atoms with Crippen LogP contribution in [0.25, 0.3) is 22.4 Å². The minimum absolute atomic E-state index is 0.0197. The zero-order valence-electron chi connectivity index (χ0n) is 17.4. The fraction of sp³-hybridized carbons (Fsp3) is 0.280. The molecule has 0 saturated heterocycles. The molecule has 1 saturated carbocycles. The molecule has 0 radical (unpaired) electrons. The van der Waals surface area contributed by atoms with Crippen molar-refractivity contribution in [2.75, 3.05) is 5.32 Å². The predicted molar refractivity (Wildman–Crippen MR) is 118 cm³/mol. The third-order valence-electron chi connectivity index (χ3n) is 5.92. The molecule has 32 heavy (non-hydrogen) atoms. The standard InChI is InChI=1S/C25H24F2N2O3/c26-19-5-3-6-20(27)25(19)16-13-21(18-4-1-2-7-22(18)30)29-23(14-16)28-17-10-8-15(9-11-17)12-24(31)32/h1-7,13-15,17,30H,8-12H2,(H,28,29)(H,31,32). The van der Waals surface area contributed by atoms with Crippen molar-refractivity contribution in [3.05, 3.63) is 66.2 Å². The van der Waals surface area contributed by atoms with E-state index in [1.807, 2.05) is 0 Å². The lowest BCUT2D eigenvalue weighted by Gasteiger charge is -2.29. The smallest absolute Gasteiger partial charge is 0.303 e. The van der Waals surface area contributed by atoms with Crippen molar-refractivity contribution in [3.8, 4) is 28.1 Å². The second-order valence-corrected chi connectivity index (χ2v) is 8.20. The van der Waals surface area contributed by atoms with Gasteiger partial charge in [-0.05, 0) is 73.6 Å². The summed E-state index contributed by atoms with van der Waals surface area (Å²) in [7, 11) is 0. The molecular formula is C25H24F2N2O3.